The van der Waals surface area contributed by atoms with Gasteiger partial charge >= 0.3 is 13.8 Å². The fourth-order valence-corrected chi connectivity index (χ4v) is 9.38. The standard InChI is InChI=1S/C67H119N2O7P/c1-7-10-13-16-19-22-25-28-30-31-32-33-34-35-36-37-38-39-40-42-45-48-51-54-57-60-67(71)76-65(58-55-52-49-46-43-27-24-21-18-15-12-9-3)64(63-75-77(72,73)74-62-61-69(4,5)6)68-66(70)59-56-53-50-47-44-41-29-26-23-20-17-14-11-8-2/h11,14,19-20,22-23,28-30,32-33,35-36,41,55,58,64-65H,7-10,12-13,15-18,21,24-27,31,34,37-40,42-54,56-57,59-63H2,1-6H3,(H-,68,70,72,73)/p+1/b14-11+,22-19-,23-20+,30-28-,33-32-,36-35-,41-29+,58-55-. The lowest BCUT2D eigenvalue weighted by atomic mass is 10.0. The molecule has 0 radical (unpaired) electrons. The summed E-state index contributed by atoms with van der Waals surface area (Å²) in [5.41, 5.74) is 0. The summed E-state index contributed by atoms with van der Waals surface area (Å²) in [5, 5.41) is 3.04. The zero-order valence-corrected chi connectivity index (χ0v) is 51.6. The Morgan fingerprint density at radius 2 is 0.831 bits per heavy atom. The molecule has 0 aromatic carbocycles. The SMILES string of the molecule is CC/C=C/C/C=C/C/C=C/CCCCCCC(=O)NC(COP(=O)(O)OCC[N+](C)(C)C)C(/C=C\CCCCCCCCCCCC)OC(=O)CCCCCCCCCCC/C=C\C/C=C\C/C=C\C/C=C\CCCCC. The lowest BCUT2D eigenvalue weighted by molar-refractivity contribution is -0.870. The van der Waals surface area contributed by atoms with Gasteiger partial charge in [-0.1, -0.05) is 240 Å². The Bertz CT molecular complexity index is 1640. The van der Waals surface area contributed by atoms with Gasteiger partial charge in [-0.05, 0) is 109 Å². The number of ether oxygens (including phenoxy) is 1. The second kappa shape index (κ2) is 56.2. The number of likely N-dealkylation sites (N-methyl/N-ethyl adjacent to an activating group) is 1. The number of carbonyl (C=O) groups excluding carboxylic acids is 2. The second-order valence-electron chi connectivity index (χ2n) is 22.2. The molecule has 444 valence electrons. The third-order valence-electron chi connectivity index (χ3n) is 13.5. The van der Waals surface area contributed by atoms with E-state index in [2.05, 4.69) is 111 Å². The summed E-state index contributed by atoms with van der Waals surface area (Å²) in [7, 11) is 1.47. The fraction of sp³-hybridized carbons (Fsp3) is 0.731. The molecule has 9 nitrogen and oxygen atoms in total. The molecule has 0 fully saturated rings. The number of unbranched alkanes of at least 4 members (excludes halogenated alkanes) is 26. The summed E-state index contributed by atoms with van der Waals surface area (Å²) in [6.45, 7) is 6.84. The molecular formula is C67H120N2O7P+. The largest absolute Gasteiger partial charge is 0.472 e. The number of amides is 1. The molecule has 77 heavy (non-hydrogen) atoms. The van der Waals surface area contributed by atoms with E-state index < -0.39 is 20.0 Å². The molecule has 0 heterocycles. The smallest absolute Gasteiger partial charge is 0.456 e. The van der Waals surface area contributed by atoms with Crippen molar-refractivity contribution in [2.24, 2.45) is 0 Å². The molecular weight excluding hydrogens is 976 g/mol. The minimum atomic E-state index is -4.46. The first kappa shape index (κ1) is 73.9. The van der Waals surface area contributed by atoms with Crippen LogP contribution in [0.2, 0.25) is 0 Å². The summed E-state index contributed by atoms with van der Waals surface area (Å²) in [5.74, 6) is -0.541. The van der Waals surface area contributed by atoms with Crippen molar-refractivity contribution in [3.05, 3.63) is 97.2 Å². The molecule has 0 aliphatic heterocycles. The van der Waals surface area contributed by atoms with Gasteiger partial charge in [0.15, 0.2) is 0 Å². The van der Waals surface area contributed by atoms with E-state index in [0.717, 1.165) is 122 Å². The maximum atomic E-state index is 13.5. The van der Waals surface area contributed by atoms with E-state index in [4.69, 9.17) is 13.8 Å². The number of nitrogens with zero attached hydrogens (tertiary/aromatic N) is 1. The van der Waals surface area contributed by atoms with E-state index in [0.29, 0.717) is 17.4 Å². The van der Waals surface area contributed by atoms with E-state index in [1.165, 1.54) is 109 Å². The summed E-state index contributed by atoms with van der Waals surface area (Å²) < 4.78 is 30.7. The van der Waals surface area contributed by atoms with Crippen molar-refractivity contribution in [3.8, 4) is 0 Å². The van der Waals surface area contributed by atoms with Crippen molar-refractivity contribution >= 4 is 19.7 Å². The number of hydrogen-bond acceptors (Lipinski definition) is 6. The van der Waals surface area contributed by atoms with Crippen LogP contribution in [0.1, 0.15) is 265 Å². The number of esters is 1. The predicted octanol–water partition coefficient (Wildman–Crippen LogP) is 19.6. The number of phosphoric acid groups is 1. The Kier molecular flexibility index (Phi) is 54.0. The number of quaternary nitrogens is 1. The first-order chi connectivity index (χ1) is 37.4. The average molecular weight is 1100 g/mol. The summed E-state index contributed by atoms with van der Waals surface area (Å²) >= 11 is 0. The maximum Gasteiger partial charge on any atom is 0.472 e. The molecule has 3 atom stereocenters. The van der Waals surface area contributed by atoms with Crippen molar-refractivity contribution in [2.45, 2.75) is 277 Å². The number of hydrogen-bond donors (Lipinski definition) is 2. The minimum Gasteiger partial charge on any atom is -0.456 e. The van der Waals surface area contributed by atoms with Gasteiger partial charge in [-0.3, -0.25) is 18.6 Å². The first-order valence-electron chi connectivity index (χ1n) is 31.6. The van der Waals surface area contributed by atoms with Gasteiger partial charge in [-0.15, -0.1) is 0 Å². The van der Waals surface area contributed by atoms with Gasteiger partial charge in [0, 0.05) is 12.8 Å². The summed E-state index contributed by atoms with van der Waals surface area (Å²) in [6.07, 6.45) is 75.5. The normalized spacial score (nSPS) is 14.3. The lowest BCUT2D eigenvalue weighted by Gasteiger charge is -2.27. The zero-order valence-electron chi connectivity index (χ0n) is 50.7. The predicted molar refractivity (Wildman–Crippen MR) is 332 cm³/mol. The van der Waals surface area contributed by atoms with Crippen molar-refractivity contribution in [2.75, 3.05) is 40.9 Å². The van der Waals surface area contributed by atoms with E-state index in [1.54, 1.807) is 0 Å². The minimum absolute atomic E-state index is 0.0303. The summed E-state index contributed by atoms with van der Waals surface area (Å²) in [4.78, 5) is 37.7. The third-order valence-corrected chi connectivity index (χ3v) is 14.5. The quantitative estimate of drug-likeness (QED) is 0.0205. The van der Waals surface area contributed by atoms with Crippen LogP contribution in [0.5, 0.6) is 0 Å². The van der Waals surface area contributed by atoms with Crippen LogP contribution >= 0.6 is 7.82 Å². The van der Waals surface area contributed by atoms with E-state index in [-0.39, 0.29) is 31.5 Å². The van der Waals surface area contributed by atoms with Crippen molar-refractivity contribution < 1.29 is 37.3 Å². The molecule has 0 aliphatic carbocycles. The highest BCUT2D eigenvalue weighted by Crippen LogP contribution is 2.43. The second-order valence-corrected chi connectivity index (χ2v) is 23.6. The molecule has 10 heteroatoms. The molecule has 0 aliphatic rings. The molecule has 0 saturated carbocycles. The van der Waals surface area contributed by atoms with Crippen LogP contribution in [0.4, 0.5) is 0 Å². The van der Waals surface area contributed by atoms with Gasteiger partial charge in [0.25, 0.3) is 0 Å². The Morgan fingerprint density at radius 3 is 1.27 bits per heavy atom. The highest BCUT2D eigenvalue weighted by Gasteiger charge is 2.30. The number of carbonyl (C=O) groups is 2. The fourth-order valence-electron chi connectivity index (χ4n) is 8.64. The molecule has 0 spiro atoms. The third kappa shape index (κ3) is 57.4. The Hall–Kier alpha value is -3.07. The van der Waals surface area contributed by atoms with Gasteiger partial charge in [-0.25, -0.2) is 4.57 Å². The van der Waals surface area contributed by atoms with Crippen LogP contribution < -0.4 is 5.32 Å². The van der Waals surface area contributed by atoms with Gasteiger partial charge in [-0.2, -0.15) is 0 Å². The van der Waals surface area contributed by atoms with Crippen LogP contribution in [0.25, 0.3) is 0 Å². The lowest BCUT2D eigenvalue weighted by Crippen LogP contribution is -2.47. The molecule has 0 saturated heterocycles. The molecule has 0 rings (SSSR count). The molecule has 0 aromatic heterocycles. The topological polar surface area (TPSA) is 111 Å². The molecule has 1 amide bonds. The number of nitrogens with one attached hydrogen (secondary N) is 1. The van der Waals surface area contributed by atoms with Gasteiger partial charge < -0.3 is 19.4 Å². The van der Waals surface area contributed by atoms with Crippen LogP contribution in [0.15, 0.2) is 97.2 Å². The molecule has 3 unspecified atom stereocenters. The molecule has 0 bridgehead atoms. The van der Waals surface area contributed by atoms with Crippen molar-refractivity contribution in [1.82, 2.24) is 5.32 Å². The van der Waals surface area contributed by atoms with Crippen molar-refractivity contribution in [3.63, 3.8) is 0 Å². The number of allylic oxidation sites excluding steroid dienone is 15. The number of phosphoric ester groups is 1. The Morgan fingerprint density at radius 1 is 0.468 bits per heavy atom. The van der Waals surface area contributed by atoms with Crippen LogP contribution in [-0.4, -0.2) is 74.3 Å². The van der Waals surface area contributed by atoms with Gasteiger partial charge in [0.1, 0.15) is 19.3 Å². The highest BCUT2D eigenvalue weighted by atomic mass is 31.2. The monoisotopic (exact) mass is 1100 g/mol. The van der Waals surface area contributed by atoms with Gasteiger partial charge in [0.2, 0.25) is 5.91 Å². The van der Waals surface area contributed by atoms with E-state index in [9.17, 15) is 19.0 Å². The van der Waals surface area contributed by atoms with Crippen LogP contribution in [0, 0.1) is 0 Å². The van der Waals surface area contributed by atoms with Crippen molar-refractivity contribution in [1.29, 1.82) is 0 Å². The summed E-state index contributed by atoms with van der Waals surface area (Å²) in [6, 6.07) is -0.867. The number of rotatable bonds is 56. The molecule has 2 N–H and O–H groups in total. The Balaban J connectivity index is 5.19. The van der Waals surface area contributed by atoms with E-state index in [1.807, 2.05) is 33.3 Å². The highest BCUT2D eigenvalue weighted by molar-refractivity contribution is 7.47. The van der Waals surface area contributed by atoms with Crippen LogP contribution in [0.3, 0.4) is 0 Å². The Labute approximate surface area is 475 Å². The van der Waals surface area contributed by atoms with E-state index >= 15 is 0 Å². The molecule has 0 aromatic rings. The van der Waals surface area contributed by atoms with Gasteiger partial charge in [0.05, 0.1) is 33.8 Å². The first-order valence-corrected chi connectivity index (χ1v) is 33.1. The average Bonchev–Trinajstić information content (AvgIpc) is 3.39. The maximum absolute atomic E-state index is 13.5. The van der Waals surface area contributed by atoms with Crippen LogP contribution in [-0.2, 0) is 27.9 Å². The zero-order chi connectivity index (χ0) is 56.4.